The molecular weight excluding hydrogens is 284 g/mol. The van der Waals surface area contributed by atoms with Crippen LogP contribution in [0.1, 0.15) is 32.3 Å². The van der Waals surface area contributed by atoms with Crippen LogP contribution >= 0.6 is 11.6 Å². The molecule has 1 aliphatic heterocycles. The fourth-order valence-corrected chi connectivity index (χ4v) is 2.49. The van der Waals surface area contributed by atoms with Gasteiger partial charge in [-0.25, -0.2) is 0 Å². The molecule has 2 rings (SSSR count). The molecule has 1 fully saturated rings. The number of hydrogen-bond donors (Lipinski definition) is 0. The number of hydrogen-bond acceptors (Lipinski definition) is 2. The van der Waals surface area contributed by atoms with Crippen molar-refractivity contribution in [1.29, 1.82) is 0 Å². The first-order valence-corrected chi connectivity index (χ1v) is 7.47. The summed E-state index contributed by atoms with van der Waals surface area (Å²) < 4.78 is 11.6. The molecule has 0 saturated carbocycles. The third-order valence-electron chi connectivity index (χ3n) is 3.68. The Morgan fingerprint density at radius 1 is 1.29 bits per heavy atom. The molecule has 1 heterocycles. The first-order valence-electron chi connectivity index (χ1n) is 7.09. The first-order chi connectivity index (χ1) is 9.96. The Labute approximate surface area is 132 Å². The van der Waals surface area contributed by atoms with E-state index in [2.05, 4.69) is 12.0 Å². The zero-order valence-corrected chi connectivity index (χ0v) is 13.3. The lowest BCUT2D eigenvalue weighted by Gasteiger charge is -2.42. The van der Waals surface area contributed by atoms with E-state index in [-0.39, 0.29) is 5.41 Å². The number of ether oxygens (including phenoxy) is 2. The summed E-state index contributed by atoms with van der Waals surface area (Å²) >= 11 is 6.15. The third kappa shape index (κ3) is 4.35. The number of terminal acetylenes is 1. The lowest BCUT2D eigenvalue weighted by atomic mass is 9.82. The van der Waals surface area contributed by atoms with Gasteiger partial charge in [0.1, 0.15) is 0 Å². The monoisotopic (exact) mass is 304 g/mol. The summed E-state index contributed by atoms with van der Waals surface area (Å²) in [5, 5.41) is 0.747. The van der Waals surface area contributed by atoms with Crippen LogP contribution < -0.4 is 0 Å². The van der Waals surface area contributed by atoms with Crippen LogP contribution in [0.4, 0.5) is 0 Å². The van der Waals surface area contributed by atoms with Crippen LogP contribution in [0.25, 0.3) is 6.08 Å². The average Bonchev–Trinajstić information content (AvgIpc) is 2.45. The quantitative estimate of drug-likeness (QED) is 0.761. The molecule has 1 saturated heterocycles. The van der Waals surface area contributed by atoms with E-state index < -0.39 is 5.79 Å². The van der Waals surface area contributed by atoms with E-state index in [1.165, 1.54) is 0 Å². The van der Waals surface area contributed by atoms with Gasteiger partial charge in [-0.3, -0.25) is 0 Å². The SMILES string of the molecule is C#CCC1(C/C=C/c2ccccc2Cl)COC(C)(C)OC1. The molecule has 3 heteroatoms. The third-order valence-corrected chi connectivity index (χ3v) is 4.03. The molecule has 0 aromatic heterocycles. The number of benzene rings is 1. The lowest BCUT2D eigenvalue weighted by Crippen LogP contribution is -2.46. The first kappa shape index (κ1) is 16.1. The van der Waals surface area contributed by atoms with Gasteiger partial charge in [0.15, 0.2) is 5.79 Å². The van der Waals surface area contributed by atoms with Gasteiger partial charge >= 0.3 is 0 Å². The second-order valence-electron chi connectivity index (χ2n) is 5.99. The van der Waals surface area contributed by atoms with Gasteiger partial charge in [0.2, 0.25) is 0 Å². The maximum absolute atomic E-state index is 6.15. The Morgan fingerprint density at radius 2 is 1.95 bits per heavy atom. The minimum atomic E-state index is -0.523. The topological polar surface area (TPSA) is 18.5 Å². The highest BCUT2D eigenvalue weighted by Gasteiger charge is 2.38. The molecular formula is C18H21ClO2. The standard InChI is InChI=1S/C18H21ClO2/c1-4-11-18(13-20-17(2,3)21-14-18)12-7-9-15-8-5-6-10-16(15)19/h1,5-10H,11-14H2,2-3H3/b9-7+. The predicted molar refractivity (Wildman–Crippen MR) is 87.0 cm³/mol. The Hall–Kier alpha value is -1.27. The second-order valence-corrected chi connectivity index (χ2v) is 6.39. The molecule has 2 nitrogen and oxygen atoms in total. The van der Waals surface area contributed by atoms with Crippen molar-refractivity contribution in [1.82, 2.24) is 0 Å². The maximum atomic E-state index is 6.15. The van der Waals surface area contributed by atoms with Gasteiger partial charge in [-0.15, -0.1) is 12.3 Å². The Bertz CT molecular complexity index is 545. The molecule has 1 aliphatic rings. The van der Waals surface area contributed by atoms with Crippen molar-refractivity contribution in [3.05, 3.63) is 40.9 Å². The molecule has 1 aromatic carbocycles. The van der Waals surface area contributed by atoms with Crippen molar-refractivity contribution >= 4 is 17.7 Å². The molecule has 0 spiro atoms. The highest BCUT2D eigenvalue weighted by molar-refractivity contribution is 6.32. The average molecular weight is 305 g/mol. The zero-order valence-electron chi connectivity index (χ0n) is 12.6. The molecule has 21 heavy (non-hydrogen) atoms. The van der Waals surface area contributed by atoms with Crippen molar-refractivity contribution in [3.8, 4) is 12.3 Å². The van der Waals surface area contributed by atoms with Crippen molar-refractivity contribution in [2.45, 2.75) is 32.5 Å². The summed E-state index contributed by atoms with van der Waals surface area (Å²) in [6.07, 6.45) is 11.1. The van der Waals surface area contributed by atoms with E-state index in [9.17, 15) is 0 Å². The predicted octanol–water partition coefficient (Wildman–Crippen LogP) is 4.54. The van der Waals surface area contributed by atoms with Crippen molar-refractivity contribution < 1.29 is 9.47 Å². The van der Waals surface area contributed by atoms with Crippen LogP contribution in [0.15, 0.2) is 30.3 Å². The van der Waals surface area contributed by atoms with Crippen LogP contribution in [-0.2, 0) is 9.47 Å². The molecule has 0 radical (unpaired) electrons. The fourth-order valence-electron chi connectivity index (χ4n) is 2.29. The molecule has 0 amide bonds. The smallest absolute Gasteiger partial charge is 0.162 e. The highest BCUT2D eigenvalue weighted by Crippen LogP contribution is 2.36. The normalized spacial score (nSPS) is 20.3. The minimum absolute atomic E-state index is 0.151. The van der Waals surface area contributed by atoms with Crippen molar-refractivity contribution in [2.24, 2.45) is 5.41 Å². The molecule has 1 aromatic rings. The Morgan fingerprint density at radius 3 is 2.57 bits per heavy atom. The van der Waals surface area contributed by atoms with Crippen molar-refractivity contribution in [2.75, 3.05) is 13.2 Å². The van der Waals surface area contributed by atoms with E-state index in [0.29, 0.717) is 19.6 Å². The summed E-state index contributed by atoms with van der Waals surface area (Å²) in [4.78, 5) is 0. The van der Waals surface area contributed by atoms with E-state index >= 15 is 0 Å². The van der Waals surface area contributed by atoms with E-state index in [1.54, 1.807) is 0 Å². The molecule has 0 N–H and O–H groups in total. The molecule has 0 atom stereocenters. The van der Waals surface area contributed by atoms with E-state index in [1.807, 2.05) is 44.2 Å². The van der Waals surface area contributed by atoms with E-state index in [0.717, 1.165) is 17.0 Å². The van der Waals surface area contributed by atoms with Gasteiger partial charge in [-0.05, 0) is 31.9 Å². The lowest BCUT2D eigenvalue weighted by molar-refractivity contribution is -0.284. The molecule has 0 unspecified atom stereocenters. The fraction of sp³-hybridized carbons (Fsp3) is 0.444. The molecule has 0 aliphatic carbocycles. The van der Waals surface area contributed by atoms with Crippen LogP contribution in [0.2, 0.25) is 5.02 Å². The summed E-state index contributed by atoms with van der Waals surface area (Å²) in [6, 6.07) is 7.76. The number of rotatable bonds is 4. The molecule has 112 valence electrons. The number of halogens is 1. The van der Waals surface area contributed by atoms with Gasteiger partial charge in [-0.1, -0.05) is 42.0 Å². The summed E-state index contributed by atoms with van der Waals surface area (Å²) in [7, 11) is 0. The largest absolute Gasteiger partial charge is 0.350 e. The minimum Gasteiger partial charge on any atom is -0.350 e. The molecule has 0 bridgehead atoms. The summed E-state index contributed by atoms with van der Waals surface area (Å²) in [6.45, 7) is 5.06. The van der Waals surface area contributed by atoms with Crippen molar-refractivity contribution in [3.63, 3.8) is 0 Å². The zero-order chi connectivity index (χ0) is 15.3. The maximum Gasteiger partial charge on any atom is 0.162 e. The Kier molecular flexibility index (Phi) is 5.11. The highest BCUT2D eigenvalue weighted by atomic mass is 35.5. The van der Waals surface area contributed by atoms with Crippen LogP contribution in [-0.4, -0.2) is 19.0 Å². The Balaban J connectivity index is 2.05. The summed E-state index contributed by atoms with van der Waals surface area (Å²) in [5.41, 5.74) is 0.857. The van der Waals surface area contributed by atoms with Gasteiger partial charge in [0, 0.05) is 16.9 Å². The van der Waals surface area contributed by atoms with Crippen LogP contribution in [0.5, 0.6) is 0 Å². The van der Waals surface area contributed by atoms with Crippen LogP contribution in [0, 0.1) is 17.8 Å². The van der Waals surface area contributed by atoms with Gasteiger partial charge in [-0.2, -0.15) is 0 Å². The van der Waals surface area contributed by atoms with Gasteiger partial charge in [0.05, 0.1) is 13.2 Å². The summed E-state index contributed by atoms with van der Waals surface area (Å²) in [5.74, 6) is 2.22. The van der Waals surface area contributed by atoms with Crippen LogP contribution in [0.3, 0.4) is 0 Å². The second kappa shape index (κ2) is 6.66. The number of allylic oxidation sites excluding steroid dienone is 1. The van der Waals surface area contributed by atoms with Gasteiger partial charge in [0.25, 0.3) is 0 Å². The van der Waals surface area contributed by atoms with Gasteiger partial charge < -0.3 is 9.47 Å². The van der Waals surface area contributed by atoms with E-state index in [4.69, 9.17) is 27.5 Å².